The van der Waals surface area contributed by atoms with Crippen LogP contribution in [0.2, 0.25) is 0 Å². The van der Waals surface area contributed by atoms with Crippen molar-refractivity contribution in [3.8, 4) is 55.6 Å². The Morgan fingerprint density at radius 1 is 0.192 bits per heavy atom. The molecule has 0 heteroatoms. The average molecular weight is 659 g/mol. The van der Waals surface area contributed by atoms with Gasteiger partial charge in [-0.15, -0.1) is 0 Å². The molecule has 0 saturated heterocycles. The van der Waals surface area contributed by atoms with Crippen LogP contribution in [0.4, 0.5) is 0 Å². The second kappa shape index (κ2) is 12.5. The summed E-state index contributed by atoms with van der Waals surface area (Å²) in [6, 6.07) is 75.6. The Morgan fingerprint density at radius 3 is 1.23 bits per heavy atom. The Balaban J connectivity index is 1.26. The van der Waals surface area contributed by atoms with E-state index in [1.54, 1.807) is 0 Å². The topological polar surface area (TPSA) is 0 Å². The van der Waals surface area contributed by atoms with E-state index < -0.39 is 0 Å². The molecule has 10 rings (SSSR count). The van der Waals surface area contributed by atoms with Gasteiger partial charge in [0.05, 0.1) is 0 Å². The van der Waals surface area contributed by atoms with Crippen molar-refractivity contribution >= 4 is 43.1 Å². The lowest BCUT2D eigenvalue weighted by Crippen LogP contribution is -1.93. The summed E-state index contributed by atoms with van der Waals surface area (Å²) in [5.41, 5.74) is 12.3. The number of fused-ring (bicyclic) bond motifs is 4. The van der Waals surface area contributed by atoms with E-state index in [9.17, 15) is 0 Å². The van der Waals surface area contributed by atoms with E-state index >= 15 is 0 Å². The summed E-state index contributed by atoms with van der Waals surface area (Å²) in [7, 11) is 0. The van der Waals surface area contributed by atoms with E-state index in [1.807, 2.05) is 0 Å². The van der Waals surface area contributed by atoms with Crippen LogP contribution < -0.4 is 0 Å². The largest absolute Gasteiger partial charge is 0.0622 e. The molecule has 0 heterocycles. The number of rotatable bonds is 5. The van der Waals surface area contributed by atoms with E-state index in [-0.39, 0.29) is 0 Å². The van der Waals surface area contributed by atoms with Crippen LogP contribution in [0.5, 0.6) is 0 Å². The zero-order valence-electron chi connectivity index (χ0n) is 28.6. The predicted octanol–water partition coefficient (Wildman–Crippen LogP) is 14.6. The van der Waals surface area contributed by atoms with Crippen LogP contribution in [0, 0.1) is 0 Å². The van der Waals surface area contributed by atoms with E-state index in [4.69, 9.17) is 0 Å². The molecular weight excluding hydrogens is 625 g/mol. The molecule has 0 radical (unpaired) electrons. The second-order valence-corrected chi connectivity index (χ2v) is 13.6. The van der Waals surface area contributed by atoms with Crippen molar-refractivity contribution in [2.24, 2.45) is 0 Å². The van der Waals surface area contributed by atoms with Gasteiger partial charge in [-0.1, -0.05) is 194 Å². The highest BCUT2D eigenvalue weighted by molar-refractivity contribution is 6.21. The van der Waals surface area contributed by atoms with Crippen molar-refractivity contribution < 1.29 is 0 Å². The summed E-state index contributed by atoms with van der Waals surface area (Å²) in [5.74, 6) is 0. The third kappa shape index (κ3) is 5.00. The Labute approximate surface area is 303 Å². The van der Waals surface area contributed by atoms with Crippen molar-refractivity contribution in [3.63, 3.8) is 0 Å². The van der Waals surface area contributed by atoms with Gasteiger partial charge in [-0.2, -0.15) is 0 Å². The zero-order valence-corrected chi connectivity index (χ0v) is 28.6. The van der Waals surface area contributed by atoms with Crippen LogP contribution in [-0.2, 0) is 0 Å². The van der Waals surface area contributed by atoms with Crippen molar-refractivity contribution in [2.45, 2.75) is 0 Å². The molecule has 0 aliphatic carbocycles. The minimum atomic E-state index is 1.20. The normalized spacial score (nSPS) is 11.5. The molecule has 0 amide bonds. The maximum atomic E-state index is 2.44. The highest BCUT2D eigenvalue weighted by Crippen LogP contribution is 2.46. The first-order valence-electron chi connectivity index (χ1n) is 18.0. The molecule has 52 heavy (non-hydrogen) atoms. The third-order valence-corrected chi connectivity index (χ3v) is 10.7. The standard InChI is InChI=1S/C52H34/c1-2-17-37(18-3-1)51-46-25-8-10-27-48(46)52(49-28-11-9-26-47(49)51)40-31-32-45(44-30-14-20-36-16-5-7-24-42(36)44)50(34-40)39-22-12-21-38(33-39)43-29-13-19-35-15-4-6-23-41(35)43/h1-34H. The van der Waals surface area contributed by atoms with Crippen LogP contribution in [-0.4, -0.2) is 0 Å². The van der Waals surface area contributed by atoms with E-state index in [0.29, 0.717) is 0 Å². The molecule has 242 valence electrons. The maximum absolute atomic E-state index is 2.44. The Kier molecular flexibility index (Phi) is 7.25. The first-order valence-corrected chi connectivity index (χ1v) is 18.0. The van der Waals surface area contributed by atoms with Crippen molar-refractivity contribution in [1.29, 1.82) is 0 Å². The first-order chi connectivity index (χ1) is 25.8. The fourth-order valence-corrected chi connectivity index (χ4v) is 8.32. The number of hydrogen-bond donors (Lipinski definition) is 0. The fourth-order valence-electron chi connectivity index (χ4n) is 8.32. The molecule has 0 unspecified atom stereocenters. The summed E-state index contributed by atoms with van der Waals surface area (Å²) in [6.45, 7) is 0. The number of hydrogen-bond acceptors (Lipinski definition) is 0. The molecule has 0 aromatic heterocycles. The Morgan fingerprint density at radius 2 is 0.615 bits per heavy atom. The zero-order chi connectivity index (χ0) is 34.4. The lowest BCUT2D eigenvalue weighted by Gasteiger charge is -2.20. The van der Waals surface area contributed by atoms with Gasteiger partial charge >= 0.3 is 0 Å². The van der Waals surface area contributed by atoms with Crippen molar-refractivity contribution in [3.05, 3.63) is 206 Å². The molecule has 0 aliphatic rings. The summed E-state index contributed by atoms with van der Waals surface area (Å²) < 4.78 is 0. The summed E-state index contributed by atoms with van der Waals surface area (Å²) in [4.78, 5) is 0. The maximum Gasteiger partial charge on any atom is -0.00261 e. The van der Waals surface area contributed by atoms with Gasteiger partial charge < -0.3 is 0 Å². The van der Waals surface area contributed by atoms with Gasteiger partial charge in [0.15, 0.2) is 0 Å². The summed E-state index contributed by atoms with van der Waals surface area (Å²) in [5, 5.41) is 10.1. The fraction of sp³-hybridized carbons (Fsp3) is 0. The van der Waals surface area contributed by atoms with Gasteiger partial charge in [-0.3, -0.25) is 0 Å². The first kappa shape index (κ1) is 30.1. The summed E-state index contributed by atoms with van der Waals surface area (Å²) in [6.07, 6.45) is 0. The molecule has 0 nitrogen and oxygen atoms in total. The average Bonchev–Trinajstić information content (AvgIpc) is 3.22. The number of benzene rings is 10. The quantitative estimate of drug-likeness (QED) is 0.161. The summed E-state index contributed by atoms with van der Waals surface area (Å²) >= 11 is 0. The molecule has 10 aromatic carbocycles. The molecule has 0 saturated carbocycles. The van der Waals surface area contributed by atoms with Crippen LogP contribution in [0.15, 0.2) is 206 Å². The van der Waals surface area contributed by atoms with Gasteiger partial charge in [0.25, 0.3) is 0 Å². The lowest BCUT2D eigenvalue weighted by atomic mass is 9.83. The van der Waals surface area contributed by atoms with Gasteiger partial charge in [0.2, 0.25) is 0 Å². The van der Waals surface area contributed by atoms with Crippen LogP contribution in [0.1, 0.15) is 0 Å². The van der Waals surface area contributed by atoms with E-state index in [1.165, 1.54) is 98.7 Å². The SMILES string of the molecule is c1ccc(-c2c3ccccc3c(-c3ccc(-c4cccc5ccccc45)c(-c4cccc(-c5cccc6ccccc56)c4)c3)c3ccccc23)cc1. The van der Waals surface area contributed by atoms with E-state index in [2.05, 4.69) is 206 Å². The molecule has 0 fully saturated rings. The minimum absolute atomic E-state index is 1.20. The van der Waals surface area contributed by atoms with Gasteiger partial charge in [0, 0.05) is 0 Å². The van der Waals surface area contributed by atoms with Crippen LogP contribution in [0.25, 0.3) is 98.7 Å². The smallest absolute Gasteiger partial charge is 0.00261 e. The van der Waals surface area contributed by atoms with Gasteiger partial charge in [-0.25, -0.2) is 0 Å². The van der Waals surface area contributed by atoms with Crippen molar-refractivity contribution in [1.82, 2.24) is 0 Å². The molecule has 0 atom stereocenters. The van der Waals surface area contributed by atoms with Gasteiger partial charge in [-0.05, 0) is 111 Å². The second-order valence-electron chi connectivity index (χ2n) is 13.6. The Hall–Kier alpha value is -6.76. The highest BCUT2D eigenvalue weighted by Gasteiger charge is 2.19. The monoisotopic (exact) mass is 658 g/mol. The molecule has 10 aromatic rings. The molecular formula is C52H34. The third-order valence-electron chi connectivity index (χ3n) is 10.7. The lowest BCUT2D eigenvalue weighted by molar-refractivity contribution is 1.58. The van der Waals surface area contributed by atoms with Crippen molar-refractivity contribution in [2.75, 3.05) is 0 Å². The van der Waals surface area contributed by atoms with Gasteiger partial charge in [0.1, 0.15) is 0 Å². The highest BCUT2D eigenvalue weighted by atomic mass is 14.2. The molecule has 0 aliphatic heterocycles. The Bertz CT molecular complexity index is 2880. The molecule has 0 bridgehead atoms. The van der Waals surface area contributed by atoms with Crippen LogP contribution >= 0.6 is 0 Å². The van der Waals surface area contributed by atoms with Crippen LogP contribution in [0.3, 0.4) is 0 Å². The predicted molar refractivity (Wildman–Crippen MR) is 224 cm³/mol. The minimum Gasteiger partial charge on any atom is -0.0622 e. The van der Waals surface area contributed by atoms with E-state index in [0.717, 1.165) is 0 Å². The molecule has 0 spiro atoms. The molecule has 0 N–H and O–H groups in total.